The lowest BCUT2D eigenvalue weighted by Gasteiger charge is -2.29. The number of carbonyl (C=O) groups is 2. The molecule has 1 unspecified atom stereocenters. The van der Waals surface area contributed by atoms with E-state index in [0.717, 1.165) is 9.87 Å². The zero-order valence-corrected chi connectivity index (χ0v) is 20.8. The summed E-state index contributed by atoms with van der Waals surface area (Å²) in [6.45, 7) is 0.391. The summed E-state index contributed by atoms with van der Waals surface area (Å²) in [6.07, 6.45) is 3.69. The first-order valence-electron chi connectivity index (χ1n) is 10.8. The molecule has 4 rings (SSSR count). The number of pyridine rings is 1. The van der Waals surface area contributed by atoms with Crippen molar-refractivity contribution >= 4 is 50.7 Å². The smallest absolute Gasteiger partial charge is 0.270 e. The van der Waals surface area contributed by atoms with Crippen LogP contribution in [0.5, 0.6) is 0 Å². The summed E-state index contributed by atoms with van der Waals surface area (Å²) in [4.78, 5) is 30.0. The molecule has 0 bridgehead atoms. The molecule has 3 aromatic rings. The van der Waals surface area contributed by atoms with Crippen molar-refractivity contribution < 1.29 is 18.0 Å². The number of fused-ring (bicyclic) bond motifs is 1. The van der Waals surface area contributed by atoms with Crippen molar-refractivity contribution in [3.63, 3.8) is 0 Å². The second-order valence-corrected chi connectivity index (χ2v) is 10.5. The molecule has 11 heteroatoms. The highest BCUT2D eigenvalue weighted by atomic mass is 35.5. The van der Waals surface area contributed by atoms with E-state index < -0.39 is 22.0 Å². The largest absolute Gasteiger partial charge is 0.382 e. The Morgan fingerprint density at radius 1 is 1.09 bits per heavy atom. The van der Waals surface area contributed by atoms with Gasteiger partial charge in [0.2, 0.25) is 5.91 Å². The van der Waals surface area contributed by atoms with Gasteiger partial charge in [0.05, 0.1) is 21.7 Å². The zero-order valence-electron chi connectivity index (χ0n) is 18.4. The Labute approximate surface area is 213 Å². The van der Waals surface area contributed by atoms with Crippen LogP contribution in [0.4, 0.5) is 5.69 Å². The van der Waals surface area contributed by atoms with E-state index >= 15 is 0 Å². The summed E-state index contributed by atoms with van der Waals surface area (Å²) < 4.78 is 28.2. The highest BCUT2D eigenvalue weighted by molar-refractivity contribution is 7.89. The Morgan fingerprint density at radius 2 is 1.83 bits per heavy atom. The maximum atomic E-state index is 13.7. The lowest BCUT2D eigenvalue weighted by Crippen LogP contribution is -2.48. The van der Waals surface area contributed by atoms with Crippen LogP contribution in [-0.2, 0) is 21.2 Å². The first-order valence-corrected chi connectivity index (χ1v) is 13.0. The number of anilines is 1. The van der Waals surface area contributed by atoms with E-state index in [0.29, 0.717) is 18.7 Å². The molecule has 0 radical (unpaired) electrons. The summed E-state index contributed by atoms with van der Waals surface area (Å²) in [7, 11) is -4.45. The minimum Gasteiger partial charge on any atom is -0.382 e. The molecule has 2 heterocycles. The maximum absolute atomic E-state index is 13.7. The van der Waals surface area contributed by atoms with E-state index in [4.69, 9.17) is 23.2 Å². The molecular weight excluding hydrogens is 511 g/mol. The number of rotatable bonds is 7. The lowest BCUT2D eigenvalue weighted by atomic mass is 10.1. The Balaban J connectivity index is 1.62. The molecule has 2 N–H and O–H groups in total. The third-order valence-corrected chi connectivity index (χ3v) is 8.39. The van der Waals surface area contributed by atoms with E-state index in [2.05, 4.69) is 15.6 Å². The molecule has 1 atom stereocenters. The third kappa shape index (κ3) is 5.42. The minimum absolute atomic E-state index is 0.0396. The van der Waals surface area contributed by atoms with Gasteiger partial charge in [0.1, 0.15) is 4.90 Å². The second-order valence-electron chi connectivity index (χ2n) is 7.90. The van der Waals surface area contributed by atoms with Crippen LogP contribution in [-0.4, -0.2) is 48.7 Å². The zero-order chi connectivity index (χ0) is 25.0. The van der Waals surface area contributed by atoms with Gasteiger partial charge in [-0.2, -0.15) is 0 Å². The van der Waals surface area contributed by atoms with E-state index in [1.807, 2.05) is 12.1 Å². The molecule has 2 amide bonds. The van der Waals surface area contributed by atoms with Gasteiger partial charge in [-0.1, -0.05) is 41.4 Å². The van der Waals surface area contributed by atoms with Gasteiger partial charge in [-0.05, 0) is 48.4 Å². The standard InChI is InChI=1S/C24H22Cl2N4O4S/c25-19-5-3-7-21(23(19)26)35(33,34)30-17(15-29-20-6-2-1-4-18(20)24(30)32)14-22(31)28-13-10-16-8-11-27-12-9-16/h1-9,11-12,17,29H,10,13-15H2,(H,28,31). The van der Waals surface area contributed by atoms with Gasteiger partial charge in [0, 0.05) is 37.6 Å². The fourth-order valence-corrected chi connectivity index (χ4v) is 6.16. The van der Waals surface area contributed by atoms with Crippen LogP contribution in [0.2, 0.25) is 10.0 Å². The molecule has 1 aliphatic heterocycles. The molecule has 0 aliphatic carbocycles. The van der Waals surface area contributed by atoms with Crippen LogP contribution < -0.4 is 10.6 Å². The van der Waals surface area contributed by atoms with Crippen LogP contribution in [0, 0.1) is 0 Å². The quantitative estimate of drug-likeness (QED) is 0.479. The summed E-state index contributed by atoms with van der Waals surface area (Å²) in [5.74, 6) is -1.14. The highest BCUT2D eigenvalue weighted by Gasteiger charge is 2.41. The molecule has 182 valence electrons. The van der Waals surface area contributed by atoms with E-state index in [1.54, 1.807) is 30.6 Å². The van der Waals surface area contributed by atoms with E-state index in [-0.39, 0.29) is 39.4 Å². The van der Waals surface area contributed by atoms with E-state index in [9.17, 15) is 18.0 Å². The number of para-hydroxylation sites is 1. The van der Waals surface area contributed by atoms with Crippen LogP contribution in [0.15, 0.2) is 71.9 Å². The first kappa shape index (κ1) is 25.0. The molecule has 1 aliphatic rings. The van der Waals surface area contributed by atoms with Gasteiger partial charge >= 0.3 is 0 Å². The summed E-state index contributed by atoms with van der Waals surface area (Å²) in [5, 5.41) is 5.75. The van der Waals surface area contributed by atoms with Gasteiger partial charge < -0.3 is 10.6 Å². The monoisotopic (exact) mass is 532 g/mol. The molecule has 0 spiro atoms. The molecule has 0 saturated heterocycles. The second kappa shape index (κ2) is 10.6. The average molecular weight is 533 g/mol. The molecule has 1 aromatic heterocycles. The van der Waals surface area contributed by atoms with Crippen molar-refractivity contribution in [2.75, 3.05) is 18.4 Å². The van der Waals surface area contributed by atoms with Crippen molar-refractivity contribution in [2.24, 2.45) is 0 Å². The fraction of sp³-hybridized carbons (Fsp3) is 0.208. The van der Waals surface area contributed by atoms with Crippen molar-refractivity contribution in [3.05, 3.63) is 88.2 Å². The van der Waals surface area contributed by atoms with Gasteiger partial charge in [0.15, 0.2) is 0 Å². The fourth-order valence-electron chi connectivity index (χ4n) is 3.85. The first-order chi connectivity index (χ1) is 16.8. The number of nitrogens with zero attached hydrogens (tertiary/aromatic N) is 2. The SMILES string of the molecule is O=C(CC1CNc2ccccc2C(=O)N1S(=O)(=O)c1cccc(Cl)c1Cl)NCCc1ccncc1. The molecular formula is C24H22Cl2N4O4S. The number of benzene rings is 2. The number of nitrogens with one attached hydrogen (secondary N) is 2. The van der Waals surface area contributed by atoms with Crippen LogP contribution in [0.3, 0.4) is 0 Å². The number of amides is 2. The molecule has 2 aromatic carbocycles. The third-order valence-electron chi connectivity index (χ3n) is 5.58. The van der Waals surface area contributed by atoms with Gasteiger partial charge in [-0.25, -0.2) is 12.7 Å². The Kier molecular flexibility index (Phi) is 7.59. The highest BCUT2D eigenvalue weighted by Crippen LogP contribution is 2.34. The van der Waals surface area contributed by atoms with Crippen LogP contribution >= 0.6 is 23.2 Å². The maximum Gasteiger partial charge on any atom is 0.270 e. The van der Waals surface area contributed by atoms with Crippen molar-refractivity contribution in [2.45, 2.75) is 23.8 Å². The van der Waals surface area contributed by atoms with Crippen molar-refractivity contribution in [1.29, 1.82) is 0 Å². The molecule has 35 heavy (non-hydrogen) atoms. The number of aromatic nitrogens is 1. The average Bonchev–Trinajstić information content (AvgIpc) is 2.98. The predicted molar refractivity (Wildman–Crippen MR) is 134 cm³/mol. The van der Waals surface area contributed by atoms with Crippen molar-refractivity contribution in [3.8, 4) is 0 Å². The molecule has 0 fully saturated rings. The van der Waals surface area contributed by atoms with Gasteiger partial charge in [-0.3, -0.25) is 14.6 Å². The number of sulfonamides is 1. The van der Waals surface area contributed by atoms with Gasteiger partial charge in [0.25, 0.3) is 15.9 Å². The van der Waals surface area contributed by atoms with Crippen molar-refractivity contribution in [1.82, 2.24) is 14.6 Å². The minimum atomic E-state index is -4.45. The number of halogens is 2. The number of hydrogen-bond donors (Lipinski definition) is 2. The van der Waals surface area contributed by atoms with Gasteiger partial charge in [-0.15, -0.1) is 0 Å². The van der Waals surface area contributed by atoms with Crippen LogP contribution in [0.25, 0.3) is 0 Å². The Morgan fingerprint density at radius 3 is 2.60 bits per heavy atom. The summed E-state index contributed by atoms with van der Waals surface area (Å²) in [5.41, 5.74) is 1.66. The number of carbonyl (C=O) groups excluding carboxylic acids is 2. The molecule has 0 saturated carbocycles. The summed E-state index contributed by atoms with van der Waals surface area (Å²) >= 11 is 12.3. The normalized spacial score (nSPS) is 15.7. The van der Waals surface area contributed by atoms with E-state index in [1.165, 1.54) is 24.3 Å². The summed E-state index contributed by atoms with van der Waals surface area (Å²) in [6, 6.07) is 13.5. The lowest BCUT2D eigenvalue weighted by molar-refractivity contribution is -0.121. The predicted octanol–water partition coefficient (Wildman–Crippen LogP) is 3.76. The topological polar surface area (TPSA) is 108 Å². The molecule has 8 nitrogen and oxygen atoms in total. The Bertz CT molecular complexity index is 1350. The number of hydrogen-bond acceptors (Lipinski definition) is 6. The Hall–Kier alpha value is -3.14. The van der Waals surface area contributed by atoms with Crippen LogP contribution in [0.1, 0.15) is 22.3 Å².